The lowest BCUT2D eigenvalue weighted by molar-refractivity contribution is -0.154. The van der Waals surface area contributed by atoms with Crippen molar-refractivity contribution in [1.82, 2.24) is 4.90 Å². The van der Waals surface area contributed by atoms with Crippen molar-refractivity contribution >= 4 is 16.7 Å². The lowest BCUT2D eigenvalue weighted by Crippen LogP contribution is -2.54. The number of benzene rings is 2. The predicted molar refractivity (Wildman–Crippen MR) is 82.0 cm³/mol. The molecular weight excluding hydrogens is 262 g/mol. The van der Waals surface area contributed by atoms with Gasteiger partial charge in [-0.3, -0.25) is 9.69 Å². The van der Waals surface area contributed by atoms with Crippen LogP contribution >= 0.6 is 0 Å². The van der Waals surface area contributed by atoms with Crippen molar-refractivity contribution in [3.63, 3.8) is 0 Å². The second-order valence-electron chi connectivity index (χ2n) is 6.19. The Morgan fingerprint density at radius 1 is 1.19 bits per heavy atom. The summed E-state index contributed by atoms with van der Waals surface area (Å²) in [5, 5.41) is 2.53. The van der Waals surface area contributed by atoms with Crippen molar-refractivity contribution in [1.29, 1.82) is 0 Å². The van der Waals surface area contributed by atoms with E-state index in [1.54, 1.807) is 0 Å². The molecule has 108 valence electrons. The maximum Gasteiger partial charge on any atom is 0.326 e. The third-order valence-electron chi connectivity index (χ3n) is 5.10. The van der Waals surface area contributed by atoms with Gasteiger partial charge in [-0.05, 0) is 47.4 Å². The molecule has 21 heavy (non-hydrogen) atoms. The lowest BCUT2D eigenvalue weighted by Gasteiger charge is -2.40. The van der Waals surface area contributed by atoms with Crippen LogP contribution in [-0.4, -0.2) is 30.1 Å². The summed E-state index contributed by atoms with van der Waals surface area (Å²) < 4.78 is 5.12. The fourth-order valence-electron chi connectivity index (χ4n) is 4.03. The normalized spacial score (nSPS) is 24.6. The van der Waals surface area contributed by atoms with Crippen molar-refractivity contribution in [3.8, 4) is 0 Å². The van der Waals surface area contributed by atoms with Crippen LogP contribution in [0.3, 0.4) is 0 Å². The zero-order valence-corrected chi connectivity index (χ0v) is 12.3. The number of nitrogens with zero attached hydrogens (tertiary/aromatic N) is 1. The largest absolute Gasteiger partial charge is 0.468 e. The molecule has 3 heteroatoms. The Bertz CT molecular complexity index is 724. The Morgan fingerprint density at radius 3 is 2.62 bits per heavy atom. The van der Waals surface area contributed by atoms with E-state index in [2.05, 4.69) is 41.3 Å². The zero-order chi connectivity index (χ0) is 14.4. The Kier molecular flexibility index (Phi) is 2.79. The van der Waals surface area contributed by atoms with Crippen molar-refractivity contribution in [2.24, 2.45) is 0 Å². The molecule has 1 saturated heterocycles. The summed E-state index contributed by atoms with van der Waals surface area (Å²) in [6.45, 7) is 1.84. The van der Waals surface area contributed by atoms with E-state index in [-0.39, 0.29) is 5.97 Å². The molecule has 0 radical (unpaired) electrons. The number of esters is 1. The minimum Gasteiger partial charge on any atom is -0.468 e. The molecule has 2 aromatic carbocycles. The molecule has 4 rings (SSSR count). The molecule has 2 aromatic rings. The Labute approximate surface area is 124 Å². The number of carbonyl (C=O) groups excluding carboxylic acids is 1. The summed E-state index contributed by atoms with van der Waals surface area (Å²) in [4.78, 5) is 14.7. The molecule has 0 aliphatic carbocycles. The number of carbonyl (C=O) groups is 1. The highest BCUT2D eigenvalue weighted by molar-refractivity contribution is 5.86. The second-order valence-corrected chi connectivity index (χ2v) is 6.19. The average molecular weight is 281 g/mol. The van der Waals surface area contributed by atoms with Crippen LogP contribution in [0, 0.1) is 0 Å². The third-order valence-corrected chi connectivity index (χ3v) is 5.10. The quantitative estimate of drug-likeness (QED) is 0.753. The standard InChI is InChI=1S/C18H19NO2/c1-21-17(20)18-7-4-8-19(18)12-16-10-14-6-3-2-5-13(14)9-15(16)11-18/h2-3,5-6,9-10H,4,7-8,11-12H2,1H3/t18-/m1/s1. The van der Waals surface area contributed by atoms with E-state index in [0.29, 0.717) is 0 Å². The minimum absolute atomic E-state index is 0.0705. The van der Waals surface area contributed by atoms with E-state index in [0.717, 1.165) is 32.4 Å². The van der Waals surface area contributed by atoms with Crippen LogP contribution in [-0.2, 0) is 22.5 Å². The summed E-state index contributed by atoms with van der Waals surface area (Å²) in [5.41, 5.74) is 2.23. The van der Waals surface area contributed by atoms with Gasteiger partial charge < -0.3 is 4.74 Å². The first-order chi connectivity index (χ1) is 10.2. The van der Waals surface area contributed by atoms with Crippen LogP contribution in [0.4, 0.5) is 0 Å². The highest BCUT2D eigenvalue weighted by Crippen LogP contribution is 2.40. The summed E-state index contributed by atoms with van der Waals surface area (Å²) >= 11 is 0. The van der Waals surface area contributed by atoms with Crippen LogP contribution in [0.15, 0.2) is 36.4 Å². The predicted octanol–water partition coefficient (Wildman–Crippen LogP) is 2.90. The van der Waals surface area contributed by atoms with Gasteiger partial charge in [-0.2, -0.15) is 0 Å². The summed E-state index contributed by atoms with van der Waals surface area (Å²) in [7, 11) is 1.50. The number of rotatable bonds is 1. The molecule has 0 N–H and O–H groups in total. The maximum atomic E-state index is 12.4. The number of hydrogen-bond donors (Lipinski definition) is 0. The van der Waals surface area contributed by atoms with Crippen LogP contribution in [0.25, 0.3) is 10.8 Å². The average Bonchev–Trinajstić information content (AvgIpc) is 2.93. The fraction of sp³-hybridized carbons (Fsp3) is 0.389. The van der Waals surface area contributed by atoms with Gasteiger partial charge in [0.05, 0.1) is 7.11 Å². The van der Waals surface area contributed by atoms with Crippen molar-refractivity contribution in [2.45, 2.75) is 31.3 Å². The van der Waals surface area contributed by atoms with Crippen molar-refractivity contribution in [2.75, 3.05) is 13.7 Å². The van der Waals surface area contributed by atoms with Crippen LogP contribution in [0.1, 0.15) is 24.0 Å². The number of fused-ring (bicyclic) bond motifs is 3. The first kappa shape index (κ1) is 12.8. The number of hydrogen-bond acceptors (Lipinski definition) is 3. The Morgan fingerprint density at radius 2 is 1.90 bits per heavy atom. The molecule has 0 aromatic heterocycles. The highest BCUT2D eigenvalue weighted by Gasteiger charge is 2.50. The molecule has 0 unspecified atom stereocenters. The first-order valence-corrected chi connectivity index (χ1v) is 7.57. The lowest BCUT2D eigenvalue weighted by atomic mass is 9.82. The van der Waals surface area contributed by atoms with Gasteiger partial charge in [0, 0.05) is 13.0 Å². The van der Waals surface area contributed by atoms with E-state index in [4.69, 9.17) is 4.74 Å². The highest BCUT2D eigenvalue weighted by atomic mass is 16.5. The van der Waals surface area contributed by atoms with E-state index in [1.807, 2.05) is 0 Å². The van der Waals surface area contributed by atoms with Crippen LogP contribution in [0.5, 0.6) is 0 Å². The molecule has 0 spiro atoms. The topological polar surface area (TPSA) is 29.5 Å². The van der Waals surface area contributed by atoms with E-state index in [9.17, 15) is 4.79 Å². The first-order valence-electron chi connectivity index (χ1n) is 7.57. The Hall–Kier alpha value is -1.87. The second kappa shape index (κ2) is 4.57. The molecule has 1 fully saturated rings. The fourth-order valence-corrected chi connectivity index (χ4v) is 4.03. The molecular formula is C18H19NO2. The minimum atomic E-state index is -0.426. The van der Waals surface area contributed by atoms with Crippen LogP contribution < -0.4 is 0 Å². The number of ether oxygens (including phenoxy) is 1. The van der Waals surface area contributed by atoms with Gasteiger partial charge >= 0.3 is 5.97 Å². The molecule has 0 saturated carbocycles. The molecule has 2 aliphatic heterocycles. The van der Waals surface area contributed by atoms with Crippen LogP contribution in [0.2, 0.25) is 0 Å². The monoisotopic (exact) mass is 281 g/mol. The van der Waals surface area contributed by atoms with Gasteiger partial charge in [0.15, 0.2) is 0 Å². The van der Waals surface area contributed by atoms with Gasteiger partial charge in [-0.1, -0.05) is 30.3 Å². The van der Waals surface area contributed by atoms with Gasteiger partial charge in [0.1, 0.15) is 5.54 Å². The molecule has 2 heterocycles. The van der Waals surface area contributed by atoms with E-state index in [1.165, 1.54) is 29.0 Å². The van der Waals surface area contributed by atoms with Gasteiger partial charge in [-0.25, -0.2) is 0 Å². The molecule has 1 atom stereocenters. The molecule has 0 amide bonds. The zero-order valence-electron chi connectivity index (χ0n) is 12.3. The SMILES string of the molecule is COC(=O)[C@]12CCCN1Cc1cc3ccccc3cc1C2. The molecule has 0 bridgehead atoms. The Balaban J connectivity index is 1.84. The molecule has 3 nitrogen and oxygen atoms in total. The maximum absolute atomic E-state index is 12.4. The van der Waals surface area contributed by atoms with Gasteiger partial charge in [0.2, 0.25) is 0 Å². The van der Waals surface area contributed by atoms with E-state index >= 15 is 0 Å². The third kappa shape index (κ3) is 1.80. The summed E-state index contributed by atoms with van der Waals surface area (Å²) in [6.07, 6.45) is 2.76. The smallest absolute Gasteiger partial charge is 0.326 e. The number of methoxy groups -OCH3 is 1. The van der Waals surface area contributed by atoms with Gasteiger partial charge in [-0.15, -0.1) is 0 Å². The molecule has 2 aliphatic rings. The van der Waals surface area contributed by atoms with Crippen molar-refractivity contribution < 1.29 is 9.53 Å². The van der Waals surface area contributed by atoms with E-state index < -0.39 is 5.54 Å². The van der Waals surface area contributed by atoms with Crippen molar-refractivity contribution in [3.05, 3.63) is 47.5 Å². The summed E-state index contributed by atoms with van der Waals surface area (Å²) in [6, 6.07) is 13.0. The summed E-state index contributed by atoms with van der Waals surface area (Å²) in [5.74, 6) is -0.0705. The van der Waals surface area contributed by atoms with Gasteiger partial charge in [0.25, 0.3) is 0 Å².